The highest BCUT2D eigenvalue weighted by Crippen LogP contribution is 1.95. The summed E-state index contributed by atoms with van der Waals surface area (Å²) >= 11 is 0. The smallest absolute Gasteiger partial charge is 0.238 e. The molecule has 1 saturated heterocycles. The number of rotatable bonds is 3. The van der Waals surface area contributed by atoms with Crippen molar-refractivity contribution in [2.24, 2.45) is 0 Å². The molecule has 1 aliphatic heterocycles. The summed E-state index contributed by atoms with van der Waals surface area (Å²) in [5.74, 6) is 0.133. The van der Waals surface area contributed by atoms with E-state index in [-0.39, 0.29) is 11.9 Å². The second kappa shape index (κ2) is 5.19. The van der Waals surface area contributed by atoms with Crippen molar-refractivity contribution in [3.05, 3.63) is 0 Å². The van der Waals surface area contributed by atoms with E-state index in [1.54, 1.807) is 0 Å². The van der Waals surface area contributed by atoms with E-state index in [4.69, 9.17) is 0 Å². The molecular formula is C9H19N3O. The van der Waals surface area contributed by atoms with Crippen LogP contribution in [0.3, 0.4) is 0 Å². The maximum atomic E-state index is 11.5. The van der Waals surface area contributed by atoms with Crippen LogP contribution in [0, 0.1) is 0 Å². The number of likely N-dealkylation sites (N-methyl/N-ethyl adjacent to an activating group) is 1. The third-order valence-electron chi connectivity index (χ3n) is 2.24. The Hall–Kier alpha value is -0.610. The number of carbonyl (C=O) groups is 1. The SMILES string of the molecule is CCCNC(=O)C1CN(C)CCN1. The Kier molecular flexibility index (Phi) is 4.18. The highest BCUT2D eigenvalue weighted by atomic mass is 16.2. The summed E-state index contributed by atoms with van der Waals surface area (Å²) < 4.78 is 0. The Balaban J connectivity index is 2.28. The minimum Gasteiger partial charge on any atom is -0.355 e. The van der Waals surface area contributed by atoms with Crippen LogP contribution in [-0.2, 0) is 4.79 Å². The van der Waals surface area contributed by atoms with Crippen LogP contribution in [0.5, 0.6) is 0 Å². The maximum Gasteiger partial charge on any atom is 0.238 e. The van der Waals surface area contributed by atoms with E-state index in [0.717, 1.165) is 32.6 Å². The average Bonchev–Trinajstić information content (AvgIpc) is 2.14. The van der Waals surface area contributed by atoms with Gasteiger partial charge in [-0.05, 0) is 13.5 Å². The van der Waals surface area contributed by atoms with Crippen LogP contribution >= 0.6 is 0 Å². The van der Waals surface area contributed by atoms with E-state index >= 15 is 0 Å². The van der Waals surface area contributed by atoms with Crippen LogP contribution < -0.4 is 10.6 Å². The van der Waals surface area contributed by atoms with E-state index in [1.165, 1.54) is 0 Å². The van der Waals surface area contributed by atoms with Gasteiger partial charge in [0.25, 0.3) is 0 Å². The fraction of sp³-hybridized carbons (Fsp3) is 0.889. The number of amides is 1. The largest absolute Gasteiger partial charge is 0.355 e. The van der Waals surface area contributed by atoms with E-state index in [9.17, 15) is 4.79 Å². The predicted molar refractivity (Wildman–Crippen MR) is 52.6 cm³/mol. The molecule has 2 N–H and O–H groups in total. The van der Waals surface area contributed by atoms with Crippen LogP contribution in [0.25, 0.3) is 0 Å². The number of nitrogens with zero attached hydrogens (tertiary/aromatic N) is 1. The molecule has 0 bridgehead atoms. The van der Waals surface area contributed by atoms with Gasteiger partial charge in [0.15, 0.2) is 0 Å². The summed E-state index contributed by atoms with van der Waals surface area (Å²) in [6, 6.07) is -0.0229. The third kappa shape index (κ3) is 3.32. The van der Waals surface area contributed by atoms with Gasteiger partial charge in [-0.2, -0.15) is 0 Å². The second-order valence-electron chi connectivity index (χ2n) is 3.56. The molecule has 1 fully saturated rings. The molecule has 4 heteroatoms. The van der Waals surface area contributed by atoms with Crippen LogP contribution in [0.2, 0.25) is 0 Å². The second-order valence-corrected chi connectivity index (χ2v) is 3.56. The standard InChI is InChI=1S/C9H19N3O/c1-3-4-11-9(13)8-7-12(2)6-5-10-8/h8,10H,3-7H2,1-2H3,(H,11,13). The van der Waals surface area contributed by atoms with Crippen molar-refractivity contribution in [2.75, 3.05) is 33.2 Å². The monoisotopic (exact) mass is 185 g/mol. The lowest BCUT2D eigenvalue weighted by molar-refractivity contribution is -0.124. The van der Waals surface area contributed by atoms with E-state index < -0.39 is 0 Å². The molecule has 0 spiro atoms. The lowest BCUT2D eigenvalue weighted by Gasteiger charge is -2.29. The molecule has 13 heavy (non-hydrogen) atoms. The molecule has 4 nitrogen and oxygen atoms in total. The van der Waals surface area contributed by atoms with Crippen molar-refractivity contribution in [1.82, 2.24) is 15.5 Å². The minimum absolute atomic E-state index is 0.0229. The number of carbonyl (C=O) groups excluding carboxylic acids is 1. The first kappa shape index (κ1) is 10.5. The predicted octanol–water partition coefficient (Wildman–Crippen LogP) is -0.584. The quantitative estimate of drug-likeness (QED) is 0.618. The first-order valence-corrected chi connectivity index (χ1v) is 4.93. The van der Waals surface area contributed by atoms with E-state index in [1.807, 2.05) is 7.05 Å². The molecular weight excluding hydrogens is 166 g/mol. The summed E-state index contributed by atoms with van der Waals surface area (Å²) in [7, 11) is 2.04. The van der Waals surface area contributed by atoms with Crippen LogP contribution in [0.4, 0.5) is 0 Å². The topological polar surface area (TPSA) is 44.4 Å². The summed E-state index contributed by atoms with van der Waals surface area (Å²) in [6.45, 7) is 5.58. The number of piperazine rings is 1. The zero-order valence-electron chi connectivity index (χ0n) is 8.47. The van der Waals surface area contributed by atoms with Crippen LogP contribution in [-0.4, -0.2) is 50.1 Å². The number of hydrogen-bond donors (Lipinski definition) is 2. The molecule has 0 aromatic rings. The minimum atomic E-state index is -0.0229. The fourth-order valence-corrected chi connectivity index (χ4v) is 1.44. The number of hydrogen-bond acceptors (Lipinski definition) is 3. The highest BCUT2D eigenvalue weighted by Gasteiger charge is 2.22. The molecule has 0 aliphatic carbocycles. The number of nitrogens with one attached hydrogen (secondary N) is 2. The molecule has 0 aromatic heterocycles. The van der Waals surface area contributed by atoms with Crippen LogP contribution in [0.15, 0.2) is 0 Å². The molecule has 76 valence electrons. The molecule has 1 aliphatic rings. The molecule has 1 amide bonds. The van der Waals surface area contributed by atoms with Crippen molar-refractivity contribution in [3.63, 3.8) is 0 Å². The Morgan fingerprint density at radius 2 is 2.46 bits per heavy atom. The van der Waals surface area contributed by atoms with Crippen molar-refractivity contribution in [3.8, 4) is 0 Å². The van der Waals surface area contributed by atoms with Crippen molar-refractivity contribution in [2.45, 2.75) is 19.4 Å². The molecule has 0 saturated carbocycles. The summed E-state index contributed by atoms with van der Waals surface area (Å²) in [5, 5.41) is 6.10. The zero-order valence-corrected chi connectivity index (χ0v) is 8.47. The summed E-state index contributed by atoms with van der Waals surface area (Å²) in [5.41, 5.74) is 0. The van der Waals surface area contributed by atoms with Gasteiger partial charge in [-0.15, -0.1) is 0 Å². The highest BCUT2D eigenvalue weighted by molar-refractivity contribution is 5.82. The van der Waals surface area contributed by atoms with Crippen molar-refractivity contribution < 1.29 is 4.79 Å². The lowest BCUT2D eigenvalue weighted by Crippen LogP contribution is -2.56. The van der Waals surface area contributed by atoms with Crippen LogP contribution in [0.1, 0.15) is 13.3 Å². The van der Waals surface area contributed by atoms with Gasteiger partial charge in [-0.25, -0.2) is 0 Å². The fourth-order valence-electron chi connectivity index (χ4n) is 1.44. The summed E-state index contributed by atoms with van der Waals surface area (Å²) in [4.78, 5) is 13.7. The Bertz CT molecular complexity index is 172. The summed E-state index contributed by atoms with van der Waals surface area (Å²) in [6.07, 6.45) is 0.994. The van der Waals surface area contributed by atoms with Gasteiger partial charge in [-0.3, -0.25) is 4.79 Å². The van der Waals surface area contributed by atoms with Gasteiger partial charge in [0.1, 0.15) is 0 Å². The van der Waals surface area contributed by atoms with Gasteiger partial charge in [0, 0.05) is 26.2 Å². The van der Waals surface area contributed by atoms with E-state index in [0.29, 0.717) is 0 Å². The Morgan fingerprint density at radius 3 is 3.08 bits per heavy atom. The average molecular weight is 185 g/mol. The first-order chi connectivity index (χ1) is 6.24. The normalized spacial score (nSPS) is 24.3. The van der Waals surface area contributed by atoms with Gasteiger partial charge < -0.3 is 15.5 Å². The third-order valence-corrected chi connectivity index (χ3v) is 2.24. The zero-order chi connectivity index (χ0) is 9.68. The van der Waals surface area contributed by atoms with Gasteiger partial charge in [-0.1, -0.05) is 6.92 Å². The first-order valence-electron chi connectivity index (χ1n) is 4.93. The molecule has 1 heterocycles. The Morgan fingerprint density at radius 1 is 1.69 bits per heavy atom. The molecule has 1 atom stereocenters. The molecule has 0 radical (unpaired) electrons. The maximum absolute atomic E-state index is 11.5. The molecule has 0 aromatic carbocycles. The molecule has 1 rings (SSSR count). The lowest BCUT2D eigenvalue weighted by atomic mass is 10.2. The van der Waals surface area contributed by atoms with Gasteiger partial charge in [0.05, 0.1) is 6.04 Å². The van der Waals surface area contributed by atoms with Gasteiger partial charge in [0.2, 0.25) is 5.91 Å². The van der Waals surface area contributed by atoms with Crippen molar-refractivity contribution in [1.29, 1.82) is 0 Å². The van der Waals surface area contributed by atoms with Gasteiger partial charge >= 0.3 is 0 Å². The Labute approximate surface area is 79.7 Å². The molecule has 1 unspecified atom stereocenters. The van der Waals surface area contributed by atoms with E-state index in [2.05, 4.69) is 22.5 Å². The van der Waals surface area contributed by atoms with Crippen molar-refractivity contribution >= 4 is 5.91 Å².